The highest BCUT2D eigenvalue weighted by atomic mass is 16.5. The van der Waals surface area contributed by atoms with Crippen molar-refractivity contribution in [2.24, 2.45) is 0 Å². The number of rotatable bonds is 5. The van der Waals surface area contributed by atoms with Gasteiger partial charge in [-0.15, -0.1) is 0 Å². The number of amides is 1. The molecule has 0 aliphatic carbocycles. The van der Waals surface area contributed by atoms with E-state index in [0.717, 1.165) is 0 Å². The Morgan fingerprint density at radius 1 is 1.00 bits per heavy atom. The van der Waals surface area contributed by atoms with Crippen LogP contribution in [-0.4, -0.2) is 38.0 Å². The van der Waals surface area contributed by atoms with Gasteiger partial charge in [0.1, 0.15) is 5.75 Å². The van der Waals surface area contributed by atoms with E-state index < -0.39 is 12.1 Å². The summed E-state index contributed by atoms with van der Waals surface area (Å²) in [5.41, 5.74) is 0.958. The topological polar surface area (TPSA) is 55.8 Å². The summed E-state index contributed by atoms with van der Waals surface area (Å²) in [7, 11) is 4.77. The summed E-state index contributed by atoms with van der Waals surface area (Å²) in [6.07, 6.45) is -0.982. The van der Waals surface area contributed by atoms with Crippen molar-refractivity contribution < 1.29 is 19.1 Å². The quantitative estimate of drug-likeness (QED) is 0.796. The summed E-state index contributed by atoms with van der Waals surface area (Å²) in [4.78, 5) is 26.1. The van der Waals surface area contributed by atoms with Gasteiger partial charge >= 0.3 is 5.97 Å². The first-order valence-corrected chi connectivity index (χ1v) is 7.14. The zero-order valence-electron chi connectivity index (χ0n) is 13.4. The Balaban J connectivity index is 2.26. The molecule has 0 N–H and O–H groups in total. The van der Waals surface area contributed by atoms with Crippen LogP contribution >= 0.6 is 0 Å². The van der Waals surface area contributed by atoms with Gasteiger partial charge in [-0.25, -0.2) is 4.79 Å². The van der Waals surface area contributed by atoms with E-state index in [0.29, 0.717) is 16.9 Å². The van der Waals surface area contributed by atoms with E-state index in [1.54, 1.807) is 62.6 Å². The van der Waals surface area contributed by atoms with Crippen molar-refractivity contribution in [1.29, 1.82) is 0 Å². The minimum atomic E-state index is -0.982. The maximum atomic E-state index is 12.4. The third-order valence-corrected chi connectivity index (χ3v) is 3.30. The molecule has 23 heavy (non-hydrogen) atoms. The first-order valence-electron chi connectivity index (χ1n) is 7.14. The molecule has 1 amide bonds. The Kier molecular flexibility index (Phi) is 5.36. The SMILES string of the molecule is COc1cccc(C(=O)OC(C(=O)N(C)C)c2ccccc2)c1. The van der Waals surface area contributed by atoms with Crippen molar-refractivity contribution in [3.05, 3.63) is 65.7 Å². The van der Waals surface area contributed by atoms with Gasteiger partial charge in [-0.1, -0.05) is 36.4 Å². The molecule has 0 fully saturated rings. The second-order valence-corrected chi connectivity index (χ2v) is 5.16. The summed E-state index contributed by atoms with van der Waals surface area (Å²) in [6, 6.07) is 15.6. The minimum absolute atomic E-state index is 0.299. The fourth-order valence-corrected chi connectivity index (χ4v) is 2.05. The zero-order valence-corrected chi connectivity index (χ0v) is 13.4. The van der Waals surface area contributed by atoms with Gasteiger partial charge in [0.25, 0.3) is 5.91 Å². The number of hydrogen-bond acceptors (Lipinski definition) is 4. The molecule has 0 heterocycles. The monoisotopic (exact) mass is 313 g/mol. The van der Waals surface area contributed by atoms with E-state index in [-0.39, 0.29) is 5.91 Å². The molecule has 5 heteroatoms. The summed E-state index contributed by atoms with van der Waals surface area (Å²) in [6.45, 7) is 0. The van der Waals surface area contributed by atoms with Crippen molar-refractivity contribution >= 4 is 11.9 Å². The molecule has 1 unspecified atom stereocenters. The van der Waals surface area contributed by atoms with Gasteiger partial charge in [-0.2, -0.15) is 0 Å². The molecule has 0 saturated heterocycles. The lowest BCUT2D eigenvalue weighted by Crippen LogP contribution is -2.31. The molecule has 0 bridgehead atoms. The third-order valence-electron chi connectivity index (χ3n) is 3.30. The van der Waals surface area contributed by atoms with Crippen molar-refractivity contribution in [1.82, 2.24) is 4.90 Å². The second kappa shape index (κ2) is 7.45. The molecular formula is C18H19NO4. The van der Waals surface area contributed by atoms with Gasteiger partial charge in [-0.3, -0.25) is 4.79 Å². The number of likely N-dealkylation sites (N-methyl/N-ethyl adjacent to an activating group) is 1. The predicted molar refractivity (Wildman–Crippen MR) is 86.3 cm³/mol. The molecule has 2 rings (SSSR count). The summed E-state index contributed by atoms with van der Waals surface area (Å²) in [5, 5.41) is 0. The van der Waals surface area contributed by atoms with Gasteiger partial charge in [0.05, 0.1) is 12.7 Å². The fourth-order valence-electron chi connectivity index (χ4n) is 2.05. The molecule has 2 aromatic rings. The predicted octanol–water partition coefficient (Wildman–Crippen LogP) is 2.68. The van der Waals surface area contributed by atoms with Gasteiger partial charge in [0.15, 0.2) is 0 Å². The molecule has 0 spiro atoms. The van der Waals surface area contributed by atoms with Crippen LogP contribution in [-0.2, 0) is 9.53 Å². The van der Waals surface area contributed by atoms with E-state index in [4.69, 9.17) is 9.47 Å². The number of carbonyl (C=O) groups is 2. The number of benzene rings is 2. The lowest BCUT2D eigenvalue weighted by molar-refractivity contribution is -0.138. The van der Waals surface area contributed by atoms with Crippen LogP contribution in [0.1, 0.15) is 22.0 Å². The number of ether oxygens (including phenoxy) is 2. The van der Waals surface area contributed by atoms with Crippen molar-refractivity contribution in [2.75, 3.05) is 21.2 Å². The van der Waals surface area contributed by atoms with Crippen molar-refractivity contribution in [3.63, 3.8) is 0 Å². The van der Waals surface area contributed by atoms with Gasteiger partial charge < -0.3 is 14.4 Å². The summed E-state index contributed by atoms with van der Waals surface area (Å²) < 4.78 is 10.6. The van der Waals surface area contributed by atoms with Gasteiger partial charge in [0, 0.05) is 19.7 Å². The highest BCUT2D eigenvalue weighted by Gasteiger charge is 2.27. The van der Waals surface area contributed by atoms with Crippen LogP contribution in [0.25, 0.3) is 0 Å². The lowest BCUT2D eigenvalue weighted by atomic mass is 10.1. The summed E-state index contributed by atoms with van der Waals surface area (Å²) >= 11 is 0. The zero-order chi connectivity index (χ0) is 16.8. The van der Waals surface area contributed by atoms with Crippen LogP contribution in [0.4, 0.5) is 0 Å². The summed E-state index contributed by atoms with van der Waals surface area (Å²) in [5.74, 6) is -0.324. The number of carbonyl (C=O) groups excluding carboxylic acids is 2. The molecule has 2 aromatic carbocycles. The first kappa shape index (κ1) is 16.5. The number of methoxy groups -OCH3 is 1. The van der Waals surface area contributed by atoms with Gasteiger partial charge in [0.2, 0.25) is 6.10 Å². The van der Waals surface area contributed by atoms with Crippen LogP contribution in [0.15, 0.2) is 54.6 Å². The second-order valence-electron chi connectivity index (χ2n) is 5.16. The van der Waals surface area contributed by atoms with Crippen LogP contribution in [0.3, 0.4) is 0 Å². The Bertz CT molecular complexity index is 682. The fraction of sp³-hybridized carbons (Fsp3) is 0.222. The minimum Gasteiger partial charge on any atom is -0.497 e. The van der Waals surface area contributed by atoms with Crippen molar-refractivity contribution in [3.8, 4) is 5.75 Å². The molecule has 0 radical (unpaired) electrons. The lowest BCUT2D eigenvalue weighted by Gasteiger charge is -2.21. The van der Waals surface area contributed by atoms with E-state index in [9.17, 15) is 9.59 Å². The first-order chi connectivity index (χ1) is 11.0. The Morgan fingerprint density at radius 3 is 2.30 bits per heavy atom. The maximum Gasteiger partial charge on any atom is 0.339 e. The Labute approximate surface area is 135 Å². The smallest absolute Gasteiger partial charge is 0.339 e. The van der Waals surface area contributed by atoms with Crippen LogP contribution in [0.2, 0.25) is 0 Å². The van der Waals surface area contributed by atoms with E-state index in [1.807, 2.05) is 6.07 Å². The maximum absolute atomic E-state index is 12.4. The van der Waals surface area contributed by atoms with E-state index >= 15 is 0 Å². The van der Waals surface area contributed by atoms with Crippen LogP contribution in [0, 0.1) is 0 Å². The highest BCUT2D eigenvalue weighted by Crippen LogP contribution is 2.22. The Morgan fingerprint density at radius 2 is 1.70 bits per heavy atom. The number of hydrogen-bond donors (Lipinski definition) is 0. The molecule has 120 valence electrons. The molecule has 5 nitrogen and oxygen atoms in total. The van der Waals surface area contributed by atoms with Gasteiger partial charge in [-0.05, 0) is 18.2 Å². The van der Waals surface area contributed by atoms with E-state index in [2.05, 4.69) is 0 Å². The van der Waals surface area contributed by atoms with Crippen molar-refractivity contribution in [2.45, 2.75) is 6.10 Å². The largest absolute Gasteiger partial charge is 0.497 e. The van der Waals surface area contributed by atoms with Crippen LogP contribution < -0.4 is 4.74 Å². The normalized spacial score (nSPS) is 11.4. The molecule has 0 aliphatic rings. The standard InChI is InChI=1S/C18H19NO4/c1-19(2)17(20)16(13-8-5-4-6-9-13)23-18(21)14-10-7-11-15(12-14)22-3/h4-12,16H,1-3H3. The average molecular weight is 313 g/mol. The number of nitrogens with zero attached hydrogens (tertiary/aromatic N) is 1. The van der Waals surface area contributed by atoms with E-state index in [1.165, 1.54) is 12.0 Å². The third kappa shape index (κ3) is 4.10. The average Bonchev–Trinajstić information content (AvgIpc) is 2.59. The highest BCUT2D eigenvalue weighted by molar-refractivity contribution is 5.93. The molecule has 0 aliphatic heterocycles. The van der Waals surface area contributed by atoms with Crippen LogP contribution in [0.5, 0.6) is 5.75 Å². The molecule has 1 atom stereocenters. The Hall–Kier alpha value is -2.82. The number of esters is 1. The molecule has 0 saturated carbocycles. The molecule has 0 aromatic heterocycles. The molecular weight excluding hydrogens is 294 g/mol.